The van der Waals surface area contributed by atoms with Gasteiger partial charge in [0.2, 0.25) is 5.52 Å². The van der Waals surface area contributed by atoms with Crippen LogP contribution in [0.3, 0.4) is 0 Å². The van der Waals surface area contributed by atoms with Gasteiger partial charge in [0.15, 0.2) is 5.69 Å². The number of hydrogen-bond acceptors (Lipinski definition) is 1. The van der Waals surface area contributed by atoms with Gasteiger partial charge in [-0.15, -0.1) is 0 Å². The van der Waals surface area contributed by atoms with Crippen molar-refractivity contribution >= 4 is 33.9 Å². The van der Waals surface area contributed by atoms with Gasteiger partial charge in [0.05, 0.1) is 11.1 Å². The molecule has 0 spiro atoms. The molecule has 2 nitrogen and oxygen atoms in total. The number of anilines is 2. The smallest absolute Gasteiger partial charge is 0.216 e. The molecule has 0 saturated carbocycles. The van der Waals surface area contributed by atoms with Crippen molar-refractivity contribution in [2.24, 2.45) is 0 Å². The molecule has 3 rings (SSSR count). The molecule has 0 aliphatic rings. The third-order valence-corrected chi connectivity index (χ3v) is 4.10. The molecule has 0 unspecified atom stereocenters. The number of aromatic nitrogens is 1. The average molecular weight is 298 g/mol. The Morgan fingerprint density at radius 1 is 0.952 bits per heavy atom. The average Bonchev–Trinajstić information content (AvgIpc) is 2.44. The fourth-order valence-electron chi connectivity index (χ4n) is 2.52. The lowest BCUT2D eigenvalue weighted by Crippen LogP contribution is -2.11. The van der Waals surface area contributed by atoms with E-state index in [1.807, 2.05) is 19.1 Å². The molecule has 0 amide bonds. The molecule has 0 bridgehead atoms. The van der Waals surface area contributed by atoms with Crippen molar-refractivity contribution in [1.29, 1.82) is 0 Å². The van der Waals surface area contributed by atoms with E-state index >= 15 is 0 Å². The Bertz CT molecular complexity index is 825. The van der Waals surface area contributed by atoms with Crippen LogP contribution in [0.15, 0.2) is 42.5 Å². The molecule has 0 atom stereocenters. The standard InChI is InChI=1S/C18H17ClN2/c1-11-7-8-14(10-16(11)19)21-17-9-13(3)20-18-12(2)5-4-6-15(17)18/h4-10H,1-3H3,(H,20,21)/p+1. The van der Waals surface area contributed by atoms with Crippen LogP contribution in [0.1, 0.15) is 16.8 Å². The van der Waals surface area contributed by atoms with E-state index in [0.717, 1.165) is 27.7 Å². The predicted molar refractivity (Wildman–Crippen MR) is 89.4 cm³/mol. The SMILES string of the molecule is Cc1cc(Nc2ccc(C)c(Cl)c2)c2cccc(C)c2[nH+]1. The molecule has 3 heteroatoms. The Kier molecular flexibility index (Phi) is 3.56. The number of rotatable bonds is 2. The Labute approximate surface area is 129 Å². The number of hydrogen-bond donors (Lipinski definition) is 1. The molecule has 2 aromatic carbocycles. The summed E-state index contributed by atoms with van der Waals surface area (Å²) in [5.41, 5.74) is 6.70. The van der Waals surface area contributed by atoms with Crippen LogP contribution in [0.5, 0.6) is 0 Å². The van der Waals surface area contributed by atoms with E-state index in [2.05, 4.69) is 54.5 Å². The number of halogens is 1. The maximum absolute atomic E-state index is 6.21. The zero-order chi connectivity index (χ0) is 15.0. The highest BCUT2D eigenvalue weighted by atomic mass is 35.5. The Morgan fingerprint density at radius 3 is 2.52 bits per heavy atom. The highest BCUT2D eigenvalue weighted by Crippen LogP contribution is 2.28. The lowest BCUT2D eigenvalue weighted by molar-refractivity contribution is -0.354. The van der Waals surface area contributed by atoms with Crippen LogP contribution in [0.4, 0.5) is 11.4 Å². The molecule has 0 aliphatic carbocycles. The summed E-state index contributed by atoms with van der Waals surface area (Å²) >= 11 is 6.21. The van der Waals surface area contributed by atoms with Gasteiger partial charge in [-0.1, -0.05) is 29.8 Å². The number of nitrogens with one attached hydrogen (secondary N) is 2. The summed E-state index contributed by atoms with van der Waals surface area (Å²) in [5.74, 6) is 0. The lowest BCUT2D eigenvalue weighted by atomic mass is 10.1. The molecule has 0 radical (unpaired) electrons. The van der Waals surface area contributed by atoms with Crippen LogP contribution < -0.4 is 10.3 Å². The van der Waals surface area contributed by atoms with Gasteiger partial charge in [-0.2, -0.15) is 0 Å². The summed E-state index contributed by atoms with van der Waals surface area (Å²) in [6.07, 6.45) is 0. The van der Waals surface area contributed by atoms with Gasteiger partial charge in [0.25, 0.3) is 0 Å². The summed E-state index contributed by atoms with van der Waals surface area (Å²) in [6, 6.07) is 14.5. The van der Waals surface area contributed by atoms with Gasteiger partial charge in [-0.3, -0.25) is 0 Å². The van der Waals surface area contributed by atoms with Crippen molar-refractivity contribution in [3.63, 3.8) is 0 Å². The van der Waals surface area contributed by atoms with Gasteiger partial charge in [-0.05, 0) is 37.6 Å². The van der Waals surface area contributed by atoms with E-state index in [9.17, 15) is 0 Å². The van der Waals surface area contributed by atoms with Crippen molar-refractivity contribution in [1.82, 2.24) is 0 Å². The molecule has 1 aromatic heterocycles. The second kappa shape index (κ2) is 5.38. The first-order valence-corrected chi connectivity index (χ1v) is 7.38. The highest BCUT2D eigenvalue weighted by Gasteiger charge is 2.11. The number of benzene rings is 2. The topological polar surface area (TPSA) is 26.2 Å². The van der Waals surface area contributed by atoms with Crippen LogP contribution in [-0.4, -0.2) is 0 Å². The maximum Gasteiger partial charge on any atom is 0.216 e. The van der Waals surface area contributed by atoms with Gasteiger partial charge >= 0.3 is 0 Å². The predicted octanol–water partition coefficient (Wildman–Crippen LogP) is 4.98. The molecule has 2 N–H and O–H groups in total. The number of fused-ring (bicyclic) bond motifs is 1. The van der Waals surface area contributed by atoms with Crippen molar-refractivity contribution in [2.75, 3.05) is 5.32 Å². The van der Waals surface area contributed by atoms with Crippen molar-refractivity contribution < 1.29 is 4.98 Å². The third kappa shape index (κ3) is 2.72. The van der Waals surface area contributed by atoms with E-state index in [4.69, 9.17) is 11.6 Å². The van der Waals surface area contributed by atoms with E-state index in [-0.39, 0.29) is 0 Å². The zero-order valence-corrected chi connectivity index (χ0v) is 13.2. The van der Waals surface area contributed by atoms with Gasteiger partial charge in [-0.25, -0.2) is 4.98 Å². The molecule has 21 heavy (non-hydrogen) atoms. The van der Waals surface area contributed by atoms with Crippen LogP contribution >= 0.6 is 11.6 Å². The first-order valence-electron chi connectivity index (χ1n) is 7.00. The number of para-hydroxylation sites is 1. The fourth-order valence-corrected chi connectivity index (χ4v) is 2.70. The van der Waals surface area contributed by atoms with Crippen LogP contribution in [-0.2, 0) is 0 Å². The minimum absolute atomic E-state index is 0.778. The van der Waals surface area contributed by atoms with Crippen LogP contribution in [0.2, 0.25) is 5.02 Å². The van der Waals surface area contributed by atoms with Crippen molar-refractivity contribution in [3.8, 4) is 0 Å². The van der Waals surface area contributed by atoms with Gasteiger partial charge in [0.1, 0.15) is 0 Å². The van der Waals surface area contributed by atoms with E-state index in [0.29, 0.717) is 0 Å². The number of aromatic amines is 1. The molecular weight excluding hydrogens is 280 g/mol. The fraction of sp³-hybridized carbons (Fsp3) is 0.167. The second-order valence-electron chi connectivity index (χ2n) is 5.45. The number of aryl methyl sites for hydroxylation is 3. The van der Waals surface area contributed by atoms with Crippen molar-refractivity contribution in [2.45, 2.75) is 20.8 Å². The Morgan fingerprint density at radius 2 is 1.76 bits per heavy atom. The quantitative estimate of drug-likeness (QED) is 0.709. The lowest BCUT2D eigenvalue weighted by Gasteiger charge is -2.10. The monoisotopic (exact) mass is 297 g/mol. The molecule has 3 aromatic rings. The summed E-state index contributed by atoms with van der Waals surface area (Å²) < 4.78 is 0. The number of H-pyrrole nitrogens is 1. The van der Waals surface area contributed by atoms with E-state index in [1.165, 1.54) is 16.5 Å². The first-order chi connectivity index (χ1) is 10.0. The summed E-state index contributed by atoms with van der Waals surface area (Å²) in [6.45, 7) is 6.19. The van der Waals surface area contributed by atoms with Crippen LogP contribution in [0.25, 0.3) is 10.9 Å². The van der Waals surface area contributed by atoms with Gasteiger partial charge in [0, 0.05) is 29.3 Å². The molecular formula is C18H18ClN2+. The minimum atomic E-state index is 0.778. The second-order valence-corrected chi connectivity index (χ2v) is 5.86. The summed E-state index contributed by atoms with van der Waals surface area (Å²) in [5, 5.41) is 5.43. The summed E-state index contributed by atoms with van der Waals surface area (Å²) in [7, 11) is 0. The minimum Gasteiger partial charge on any atom is -0.355 e. The van der Waals surface area contributed by atoms with Crippen LogP contribution in [0, 0.1) is 20.8 Å². The summed E-state index contributed by atoms with van der Waals surface area (Å²) in [4.78, 5) is 3.44. The zero-order valence-electron chi connectivity index (χ0n) is 12.4. The molecule has 0 aliphatic heterocycles. The first kappa shape index (κ1) is 13.9. The van der Waals surface area contributed by atoms with E-state index in [1.54, 1.807) is 0 Å². The Hall–Kier alpha value is -2.06. The Balaban J connectivity index is 2.11. The highest BCUT2D eigenvalue weighted by molar-refractivity contribution is 6.31. The largest absolute Gasteiger partial charge is 0.355 e. The number of pyridine rings is 1. The third-order valence-electron chi connectivity index (χ3n) is 3.70. The normalized spacial score (nSPS) is 10.9. The molecule has 0 saturated heterocycles. The maximum atomic E-state index is 6.21. The van der Waals surface area contributed by atoms with E-state index < -0.39 is 0 Å². The van der Waals surface area contributed by atoms with Crippen molar-refractivity contribution in [3.05, 3.63) is 64.3 Å². The molecule has 0 fully saturated rings. The molecule has 106 valence electrons. The molecule has 1 heterocycles. The van der Waals surface area contributed by atoms with Gasteiger partial charge < -0.3 is 5.32 Å².